The molecule has 1 N–H and O–H groups in total. The Hall–Kier alpha value is -1.06. The molecule has 96 valence electrons. The molecule has 0 aliphatic carbocycles. The number of halogens is 1. The summed E-state index contributed by atoms with van der Waals surface area (Å²) in [5.41, 5.74) is 2.54. The molecule has 0 fully saturated rings. The van der Waals surface area contributed by atoms with Crippen LogP contribution in [0.5, 0.6) is 0 Å². The van der Waals surface area contributed by atoms with E-state index < -0.39 is 0 Å². The molecule has 2 nitrogen and oxygen atoms in total. The van der Waals surface area contributed by atoms with E-state index in [-0.39, 0.29) is 6.04 Å². The Kier molecular flexibility index (Phi) is 4.61. The van der Waals surface area contributed by atoms with Gasteiger partial charge >= 0.3 is 0 Å². The number of hydrogen-bond donors (Lipinski definition) is 1. The molecule has 0 bridgehead atoms. The number of furan rings is 1. The van der Waals surface area contributed by atoms with Crippen molar-refractivity contribution < 1.29 is 4.42 Å². The Bertz CT molecular complexity index is 507. The van der Waals surface area contributed by atoms with Gasteiger partial charge in [-0.3, -0.25) is 0 Å². The van der Waals surface area contributed by atoms with E-state index >= 15 is 0 Å². The van der Waals surface area contributed by atoms with Crippen LogP contribution in [0.15, 0.2) is 45.5 Å². The zero-order valence-corrected chi connectivity index (χ0v) is 12.3. The van der Waals surface area contributed by atoms with E-state index in [1.54, 1.807) is 6.26 Å². The molecule has 0 aliphatic heterocycles. The summed E-state index contributed by atoms with van der Waals surface area (Å²) >= 11 is 3.55. The minimum Gasteiger partial charge on any atom is -0.466 e. The molecule has 0 spiro atoms. The van der Waals surface area contributed by atoms with Crippen LogP contribution in [0.1, 0.15) is 36.3 Å². The van der Waals surface area contributed by atoms with Crippen LogP contribution in [0.3, 0.4) is 0 Å². The topological polar surface area (TPSA) is 25.2 Å². The molecule has 2 aromatic rings. The molecule has 1 aromatic carbocycles. The lowest BCUT2D eigenvalue weighted by Crippen LogP contribution is -2.23. The van der Waals surface area contributed by atoms with Gasteiger partial charge in [-0.2, -0.15) is 0 Å². The fourth-order valence-corrected chi connectivity index (χ4v) is 2.48. The molecule has 0 saturated heterocycles. The van der Waals surface area contributed by atoms with Gasteiger partial charge in [0.25, 0.3) is 0 Å². The van der Waals surface area contributed by atoms with Crippen molar-refractivity contribution in [2.75, 3.05) is 6.54 Å². The van der Waals surface area contributed by atoms with Crippen LogP contribution in [0.2, 0.25) is 0 Å². The van der Waals surface area contributed by atoms with Gasteiger partial charge in [-0.05, 0) is 53.0 Å². The largest absolute Gasteiger partial charge is 0.466 e. The summed E-state index contributed by atoms with van der Waals surface area (Å²) in [6, 6.07) is 10.5. The number of nitrogens with one attached hydrogen (secondary N) is 1. The normalized spacial score (nSPS) is 12.6. The first-order valence-electron chi connectivity index (χ1n) is 6.25. The monoisotopic (exact) mass is 307 g/mol. The van der Waals surface area contributed by atoms with Crippen LogP contribution in [-0.2, 0) is 0 Å². The van der Waals surface area contributed by atoms with Crippen LogP contribution in [0.25, 0.3) is 0 Å². The maximum atomic E-state index is 5.62. The standard InChI is InChI=1S/C15H18BrNO/c1-3-9-17-14(15-13(16)8-10-18-15)12-7-5-4-6-11(12)2/h4-8,10,14,17H,3,9H2,1-2H3. The number of aryl methyl sites for hydroxylation is 1. The average Bonchev–Trinajstić information content (AvgIpc) is 2.78. The summed E-state index contributed by atoms with van der Waals surface area (Å²) in [4.78, 5) is 0. The Morgan fingerprint density at radius 2 is 2.06 bits per heavy atom. The lowest BCUT2D eigenvalue weighted by molar-refractivity contribution is 0.443. The highest BCUT2D eigenvalue weighted by Gasteiger charge is 2.20. The van der Waals surface area contributed by atoms with E-state index in [4.69, 9.17) is 4.42 Å². The van der Waals surface area contributed by atoms with Crippen molar-refractivity contribution in [3.05, 3.63) is 58.0 Å². The van der Waals surface area contributed by atoms with Crippen molar-refractivity contribution in [2.45, 2.75) is 26.3 Å². The molecule has 0 aliphatic rings. The molecule has 18 heavy (non-hydrogen) atoms. The molecule has 2 rings (SSSR count). The van der Waals surface area contributed by atoms with Crippen molar-refractivity contribution in [3.63, 3.8) is 0 Å². The number of benzene rings is 1. The van der Waals surface area contributed by atoms with Gasteiger partial charge in [-0.25, -0.2) is 0 Å². The van der Waals surface area contributed by atoms with Crippen molar-refractivity contribution in [2.24, 2.45) is 0 Å². The van der Waals surface area contributed by atoms with Crippen LogP contribution in [-0.4, -0.2) is 6.54 Å². The molecular formula is C15H18BrNO. The first kappa shape index (κ1) is 13.4. The maximum absolute atomic E-state index is 5.62. The van der Waals surface area contributed by atoms with Gasteiger partial charge in [-0.1, -0.05) is 31.2 Å². The summed E-state index contributed by atoms with van der Waals surface area (Å²) < 4.78 is 6.64. The molecule has 1 aromatic heterocycles. The van der Waals surface area contributed by atoms with Crippen LogP contribution in [0, 0.1) is 6.92 Å². The van der Waals surface area contributed by atoms with Crippen molar-refractivity contribution in [3.8, 4) is 0 Å². The van der Waals surface area contributed by atoms with E-state index in [2.05, 4.69) is 59.4 Å². The predicted octanol–water partition coefficient (Wildman–Crippen LogP) is 4.44. The first-order valence-corrected chi connectivity index (χ1v) is 7.05. The van der Waals surface area contributed by atoms with E-state index in [1.165, 1.54) is 11.1 Å². The van der Waals surface area contributed by atoms with E-state index in [0.717, 1.165) is 23.2 Å². The van der Waals surface area contributed by atoms with Crippen LogP contribution in [0.4, 0.5) is 0 Å². The zero-order chi connectivity index (χ0) is 13.0. The second kappa shape index (κ2) is 6.21. The molecule has 1 unspecified atom stereocenters. The molecule has 0 amide bonds. The van der Waals surface area contributed by atoms with Gasteiger partial charge in [0.2, 0.25) is 0 Å². The summed E-state index contributed by atoms with van der Waals surface area (Å²) in [6.07, 6.45) is 2.82. The highest BCUT2D eigenvalue weighted by molar-refractivity contribution is 9.10. The first-order chi connectivity index (χ1) is 8.74. The summed E-state index contributed by atoms with van der Waals surface area (Å²) in [5, 5.41) is 3.55. The Morgan fingerprint density at radius 1 is 1.28 bits per heavy atom. The van der Waals surface area contributed by atoms with E-state index in [9.17, 15) is 0 Å². The quantitative estimate of drug-likeness (QED) is 0.883. The fraction of sp³-hybridized carbons (Fsp3) is 0.333. The highest BCUT2D eigenvalue weighted by atomic mass is 79.9. The van der Waals surface area contributed by atoms with Crippen molar-refractivity contribution in [1.29, 1.82) is 0 Å². The summed E-state index contributed by atoms with van der Waals surface area (Å²) in [6.45, 7) is 5.26. The highest BCUT2D eigenvalue weighted by Crippen LogP contribution is 2.31. The van der Waals surface area contributed by atoms with Gasteiger partial charge in [0.1, 0.15) is 5.76 Å². The Labute approximate surface area is 117 Å². The molecule has 1 heterocycles. The smallest absolute Gasteiger partial charge is 0.139 e. The molecule has 0 radical (unpaired) electrons. The average molecular weight is 308 g/mol. The predicted molar refractivity (Wildman–Crippen MR) is 77.7 cm³/mol. The fourth-order valence-electron chi connectivity index (χ4n) is 2.05. The van der Waals surface area contributed by atoms with Gasteiger partial charge in [0.05, 0.1) is 16.8 Å². The van der Waals surface area contributed by atoms with Gasteiger partial charge in [-0.15, -0.1) is 0 Å². The van der Waals surface area contributed by atoms with Crippen LogP contribution < -0.4 is 5.32 Å². The number of rotatable bonds is 5. The van der Waals surface area contributed by atoms with E-state index in [1.807, 2.05) is 6.07 Å². The Morgan fingerprint density at radius 3 is 2.67 bits per heavy atom. The lowest BCUT2D eigenvalue weighted by atomic mass is 9.99. The minimum absolute atomic E-state index is 0.107. The Balaban J connectivity index is 2.37. The summed E-state index contributed by atoms with van der Waals surface area (Å²) in [5.74, 6) is 0.942. The van der Waals surface area contributed by atoms with Gasteiger partial charge in [0.15, 0.2) is 0 Å². The third-order valence-corrected chi connectivity index (χ3v) is 3.66. The SMILES string of the molecule is CCCNC(c1ccccc1C)c1occc1Br. The third-order valence-electron chi connectivity index (χ3n) is 3.00. The number of hydrogen-bond acceptors (Lipinski definition) is 2. The van der Waals surface area contributed by atoms with Gasteiger partial charge < -0.3 is 9.73 Å². The van der Waals surface area contributed by atoms with Gasteiger partial charge in [0, 0.05) is 0 Å². The third kappa shape index (κ3) is 2.85. The summed E-state index contributed by atoms with van der Waals surface area (Å²) in [7, 11) is 0. The maximum Gasteiger partial charge on any atom is 0.139 e. The second-order valence-electron chi connectivity index (χ2n) is 4.38. The molecule has 3 heteroatoms. The van der Waals surface area contributed by atoms with E-state index in [0.29, 0.717) is 0 Å². The molecule has 1 atom stereocenters. The van der Waals surface area contributed by atoms with Crippen LogP contribution >= 0.6 is 15.9 Å². The molecule has 0 saturated carbocycles. The lowest BCUT2D eigenvalue weighted by Gasteiger charge is -2.19. The zero-order valence-electron chi connectivity index (χ0n) is 10.7. The second-order valence-corrected chi connectivity index (χ2v) is 5.23. The van der Waals surface area contributed by atoms with Crippen molar-refractivity contribution in [1.82, 2.24) is 5.32 Å². The molecular weight excluding hydrogens is 290 g/mol. The van der Waals surface area contributed by atoms with Crippen molar-refractivity contribution >= 4 is 15.9 Å². The minimum atomic E-state index is 0.107.